The Morgan fingerprint density at radius 3 is 2.24 bits per heavy atom. The molecule has 0 aliphatic heterocycles. The zero-order chi connectivity index (χ0) is 14.7. The summed E-state index contributed by atoms with van der Waals surface area (Å²) in [5, 5.41) is 6.35. The summed E-state index contributed by atoms with van der Waals surface area (Å²) in [5.74, 6) is 0.000208. The van der Waals surface area contributed by atoms with Crippen molar-refractivity contribution in [1.82, 2.24) is 0 Å². The Kier molecular flexibility index (Phi) is 4.25. The van der Waals surface area contributed by atoms with E-state index >= 15 is 0 Å². The Morgan fingerprint density at radius 2 is 1.62 bits per heavy atom. The van der Waals surface area contributed by atoms with E-state index in [0.717, 1.165) is 21.4 Å². The minimum absolute atomic E-state index is 0.000208. The summed E-state index contributed by atoms with van der Waals surface area (Å²) in [6.45, 7) is 0. The number of carbonyl (C=O) groups excluding carboxylic acids is 1. The Bertz CT molecular complexity index is 618. The van der Waals surface area contributed by atoms with Crippen molar-refractivity contribution in [1.29, 1.82) is 0 Å². The lowest BCUT2D eigenvalue weighted by atomic mass is 10.1. The molecule has 0 bridgehead atoms. The van der Waals surface area contributed by atoms with Gasteiger partial charge in [-0.1, -0.05) is 28.1 Å². The summed E-state index contributed by atoms with van der Waals surface area (Å²) in [5.41, 5.74) is 2.95. The average molecular weight is 345 g/mol. The van der Waals surface area contributed by atoms with E-state index < -0.39 is 0 Å². The van der Waals surface area contributed by atoms with Crippen LogP contribution in [0.4, 0.5) is 11.4 Å². The molecule has 108 valence electrons. The van der Waals surface area contributed by atoms with Gasteiger partial charge in [0.15, 0.2) is 0 Å². The quantitative estimate of drug-likeness (QED) is 0.853. The number of hydrogen-bond donors (Lipinski definition) is 2. The van der Waals surface area contributed by atoms with Crippen molar-refractivity contribution in [3.05, 3.63) is 58.6 Å². The highest BCUT2D eigenvalue weighted by Crippen LogP contribution is 2.25. The fourth-order valence-electron chi connectivity index (χ4n) is 2.11. The lowest BCUT2D eigenvalue weighted by Crippen LogP contribution is -2.14. The van der Waals surface area contributed by atoms with E-state index in [1.807, 2.05) is 48.5 Å². The maximum Gasteiger partial charge on any atom is 0.228 e. The molecule has 0 radical (unpaired) electrons. The lowest BCUT2D eigenvalue weighted by molar-refractivity contribution is -0.115. The van der Waals surface area contributed by atoms with Crippen LogP contribution in [0.15, 0.2) is 53.0 Å². The van der Waals surface area contributed by atoms with E-state index in [0.29, 0.717) is 12.5 Å². The van der Waals surface area contributed by atoms with Crippen molar-refractivity contribution in [3.8, 4) is 0 Å². The molecule has 1 aliphatic rings. The van der Waals surface area contributed by atoms with Crippen LogP contribution in [0.1, 0.15) is 18.4 Å². The standard InChI is InChI=1S/C17H17BrN2O/c18-13-3-1-12(2-4-13)11-17(21)20-16-9-7-15(8-10-16)19-14-5-6-14/h1-4,7-10,14,19H,5-6,11H2,(H,20,21). The number of anilines is 2. The molecule has 4 heteroatoms. The maximum absolute atomic E-state index is 12.0. The van der Waals surface area contributed by atoms with E-state index in [1.54, 1.807) is 0 Å². The first kappa shape index (κ1) is 14.1. The smallest absolute Gasteiger partial charge is 0.228 e. The van der Waals surface area contributed by atoms with Crippen LogP contribution >= 0.6 is 15.9 Å². The third-order valence-electron chi connectivity index (χ3n) is 3.39. The van der Waals surface area contributed by atoms with Crippen molar-refractivity contribution in [2.24, 2.45) is 0 Å². The van der Waals surface area contributed by atoms with E-state index in [-0.39, 0.29) is 5.91 Å². The highest BCUT2D eigenvalue weighted by Gasteiger charge is 2.20. The van der Waals surface area contributed by atoms with Gasteiger partial charge >= 0.3 is 0 Å². The average Bonchev–Trinajstić information content (AvgIpc) is 3.28. The van der Waals surface area contributed by atoms with Crippen LogP contribution < -0.4 is 10.6 Å². The number of rotatable bonds is 5. The first-order valence-corrected chi connectivity index (χ1v) is 7.89. The Morgan fingerprint density at radius 1 is 1.00 bits per heavy atom. The van der Waals surface area contributed by atoms with E-state index in [4.69, 9.17) is 0 Å². The van der Waals surface area contributed by atoms with Crippen molar-refractivity contribution < 1.29 is 4.79 Å². The van der Waals surface area contributed by atoms with Gasteiger partial charge in [0.05, 0.1) is 6.42 Å². The van der Waals surface area contributed by atoms with Gasteiger partial charge in [0, 0.05) is 21.9 Å². The van der Waals surface area contributed by atoms with Gasteiger partial charge in [-0.25, -0.2) is 0 Å². The molecule has 1 aliphatic carbocycles. The highest BCUT2D eigenvalue weighted by atomic mass is 79.9. The lowest BCUT2D eigenvalue weighted by Gasteiger charge is -2.08. The monoisotopic (exact) mass is 344 g/mol. The van der Waals surface area contributed by atoms with Gasteiger partial charge in [0.1, 0.15) is 0 Å². The number of hydrogen-bond acceptors (Lipinski definition) is 2. The third kappa shape index (κ3) is 4.33. The highest BCUT2D eigenvalue weighted by molar-refractivity contribution is 9.10. The van der Waals surface area contributed by atoms with Gasteiger partial charge in [-0.2, -0.15) is 0 Å². The SMILES string of the molecule is O=C(Cc1ccc(Br)cc1)Nc1ccc(NC2CC2)cc1. The van der Waals surface area contributed by atoms with Crippen LogP contribution in [0, 0.1) is 0 Å². The van der Waals surface area contributed by atoms with E-state index in [1.165, 1.54) is 12.8 Å². The molecule has 3 rings (SSSR count). The predicted molar refractivity (Wildman–Crippen MR) is 89.6 cm³/mol. The molecule has 2 aromatic rings. The molecule has 0 saturated heterocycles. The largest absolute Gasteiger partial charge is 0.382 e. The van der Waals surface area contributed by atoms with Crippen LogP contribution in [-0.2, 0) is 11.2 Å². The molecule has 0 unspecified atom stereocenters. The summed E-state index contributed by atoms with van der Waals surface area (Å²) >= 11 is 3.39. The van der Waals surface area contributed by atoms with Gasteiger partial charge in [-0.15, -0.1) is 0 Å². The first-order chi connectivity index (χ1) is 10.2. The van der Waals surface area contributed by atoms with Gasteiger partial charge in [-0.05, 0) is 54.8 Å². The Labute approximate surface area is 132 Å². The summed E-state index contributed by atoms with van der Waals surface area (Å²) < 4.78 is 1.02. The number of carbonyl (C=O) groups is 1. The maximum atomic E-state index is 12.0. The summed E-state index contributed by atoms with van der Waals surface area (Å²) in [4.78, 5) is 12.0. The Hall–Kier alpha value is -1.81. The number of halogens is 1. The second-order valence-electron chi connectivity index (χ2n) is 5.35. The fraction of sp³-hybridized carbons (Fsp3) is 0.235. The molecule has 2 N–H and O–H groups in total. The molecule has 0 spiro atoms. The summed E-state index contributed by atoms with van der Waals surface area (Å²) in [7, 11) is 0. The van der Waals surface area contributed by atoms with E-state index in [2.05, 4.69) is 26.6 Å². The van der Waals surface area contributed by atoms with Crippen molar-refractivity contribution in [3.63, 3.8) is 0 Å². The molecule has 2 aromatic carbocycles. The van der Waals surface area contributed by atoms with Crippen LogP contribution in [-0.4, -0.2) is 11.9 Å². The second kappa shape index (κ2) is 6.31. The topological polar surface area (TPSA) is 41.1 Å². The van der Waals surface area contributed by atoms with Gasteiger partial charge in [0.2, 0.25) is 5.91 Å². The van der Waals surface area contributed by atoms with Crippen LogP contribution in [0.25, 0.3) is 0 Å². The van der Waals surface area contributed by atoms with Crippen LogP contribution in [0.5, 0.6) is 0 Å². The minimum atomic E-state index is 0.000208. The van der Waals surface area contributed by atoms with Crippen LogP contribution in [0.2, 0.25) is 0 Å². The number of nitrogens with one attached hydrogen (secondary N) is 2. The van der Waals surface area contributed by atoms with Crippen molar-refractivity contribution in [2.75, 3.05) is 10.6 Å². The molecule has 0 aromatic heterocycles. The fourth-order valence-corrected chi connectivity index (χ4v) is 2.37. The van der Waals surface area contributed by atoms with Crippen molar-refractivity contribution in [2.45, 2.75) is 25.3 Å². The minimum Gasteiger partial charge on any atom is -0.382 e. The van der Waals surface area contributed by atoms with E-state index in [9.17, 15) is 4.79 Å². The molecule has 1 saturated carbocycles. The molecule has 1 amide bonds. The molecule has 21 heavy (non-hydrogen) atoms. The molecule has 3 nitrogen and oxygen atoms in total. The second-order valence-corrected chi connectivity index (χ2v) is 6.26. The molecular formula is C17H17BrN2O. The number of amides is 1. The molecule has 1 fully saturated rings. The van der Waals surface area contributed by atoms with Gasteiger partial charge in [0.25, 0.3) is 0 Å². The molecule has 0 atom stereocenters. The summed E-state index contributed by atoms with van der Waals surface area (Å²) in [6.07, 6.45) is 2.90. The van der Waals surface area contributed by atoms with Crippen molar-refractivity contribution >= 4 is 33.2 Å². The Balaban J connectivity index is 1.55. The number of benzene rings is 2. The van der Waals surface area contributed by atoms with Gasteiger partial charge < -0.3 is 10.6 Å². The zero-order valence-electron chi connectivity index (χ0n) is 11.6. The first-order valence-electron chi connectivity index (χ1n) is 7.10. The molecule has 0 heterocycles. The molecular weight excluding hydrogens is 328 g/mol. The van der Waals surface area contributed by atoms with Gasteiger partial charge in [-0.3, -0.25) is 4.79 Å². The zero-order valence-corrected chi connectivity index (χ0v) is 13.2. The third-order valence-corrected chi connectivity index (χ3v) is 3.92. The normalized spacial score (nSPS) is 13.8. The summed E-state index contributed by atoms with van der Waals surface area (Å²) in [6, 6.07) is 16.3. The van der Waals surface area contributed by atoms with Crippen LogP contribution in [0.3, 0.4) is 0 Å². The predicted octanol–water partition coefficient (Wildman–Crippen LogP) is 4.20.